The zero-order valence-electron chi connectivity index (χ0n) is 9.59. The van der Waals surface area contributed by atoms with E-state index in [2.05, 4.69) is 5.32 Å². The summed E-state index contributed by atoms with van der Waals surface area (Å²) in [4.78, 5) is 1.45. The second kappa shape index (κ2) is 4.56. The molecule has 0 bridgehead atoms. The first-order valence-electron chi connectivity index (χ1n) is 5.60. The molecule has 1 unspecified atom stereocenters. The van der Waals surface area contributed by atoms with Gasteiger partial charge in [-0.25, -0.2) is 0 Å². The van der Waals surface area contributed by atoms with Gasteiger partial charge in [0.1, 0.15) is 6.04 Å². The molecule has 0 radical (unpaired) electrons. The molecule has 1 heterocycles. The lowest BCUT2D eigenvalue weighted by atomic mass is 10.1. The minimum atomic E-state index is -4.20. The molecule has 0 saturated carbocycles. The Hall–Kier alpha value is -1.23. The van der Waals surface area contributed by atoms with Crippen LogP contribution in [0, 0.1) is 6.92 Å². The predicted molar refractivity (Wildman–Crippen MR) is 61.2 cm³/mol. The number of hydrogen-bond donors (Lipinski definition) is 1. The molecule has 1 fully saturated rings. The fourth-order valence-electron chi connectivity index (χ4n) is 2.17. The first-order valence-corrected chi connectivity index (χ1v) is 5.60. The van der Waals surface area contributed by atoms with Gasteiger partial charge < -0.3 is 10.2 Å². The number of alkyl halides is 3. The number of hydrogen-bond acceptors (Lipinski definition) is 2. The number of piperazine rings is 1. The van der Waals surface area contributed by atoms with E-state index in [9.17, 15) is 13.2 Å². The molecule has 1 aliphatic rings. The van der Waals surface area contributed by atoms with E-state index in [-0.39, 0.29) is 6.54 Å². The Morgan fingerprint density at radius 1 is 1.29 bits per heavy atom. The molecule has 1 aromatic carbocycles. The van der Waals surface area contributed by atoms with Crippen molar-refractivity contribution in [2.75, 3.05) is 24.5 Å². The van der Waals surface area contributed by atoms with E-state index in [1.165, 1.54) is 4.90 Å². The molecular formula is C12H15F3N2. The van der Waals surface area contributed by atoms with Crippen LogP contribution in [0.3, 0.4) is 0 Å². The lowest BCUT2D eigenvalue weighted by Crippen LogP contribution is -2.58. The zero-order valence-corrected chi connectivity index (χ0v) is 9.59. The van der Waals surface area contributed by atoms with Gasteiger partial charge in [-0.15, -0.1) is 0 Å². The fraction of sp³-hybridized carbons (Fsp3) is 0.500. The minimum Gasteiger partial charge on any atom is -0.357 e. The topological polar surface area (TPSA) is 15.3 Å². The molecule has 1 aromatic rings. The Morgan fingerprint density at radius 2 is 2.00 bits per heavy atom. The molecule has 0 aliphatic carbocycles. The summed E-state index contributed by atoms with van der Waals surface area (Å²) in [6.45, 7) is 2.76. The molecule has 1 atom stereocenters. The Kier molecular flexibility index (Phi) is 3.28. The van der Waals surface area contributed by atoms with Crippen LogP contribution in [0.2, 0.25) is 0 Å². The van der Waals surface area contributed by atoms with Gasteiger partial charge in [0.15, 0.2) is 0 Å². The van der Waals surface area contributed by atoms with E-state index < -0.39 is 12.2 Å². The van der Waals surface area contributed by atoms with Crippen molar-refractivity contribution in [3.63, 3.8) is 0 Å². The number of nitrogens with one attached hydrogen (secondary N) is 1. The van der Waals surface area contributed by atoms with Crippen LogP contribution in [0.4, 0.5) is 18.9 Å². The Labute approximate surface area is 98.4 Å². The molecule has 2 nitrogen and oxygen atoms in total. The maximum absolute atomic E-state index is 12.9. The lowest BCUT2D eigenvalue weighted by Gasteiger charge is -2.39. The molecule has 0 aromatic heterocycles. The van der Waals surface area contributed by atoms with Crippen molar-refractivity contribution in [3.05, 3.63) is 29.8 Å². The van der Waals surface area contributed by atoms with Gasteiger partial charge in [0.05, 0.1) is 0 Å². The van der Waals surface area contributed by atoms with Crippen LogP contribution in [0.1, 0.15) is 5.56 Å². The van der Waals surface area contributed by atoms with E-state index >= 15 is 0 Å². The van der Waals surface area contributed by atoms with Crippen molar-refractivity contribution in [1.29, 1.82) is 0 Å². The van der Waals surface area contributed by atoms with Gasteiger partial charge in [-0.2, -0.15) is 13.2 Å². The Bertz CT molecular complexity index is 390. The molecule has 0 amide bonds. The second-order valence-electron chi connectivity index (χ2n) is 4.24. The van der Waals surface area contributed by atoms with Crippen molar-refractivity contribution in [1.82, 2.24) is 5.32 Å². The average Bonchev–Trinajstić information content (AvgIpc) is 2.28. The van der Waals surface area contributed by atoms with Gasteiger partial charge >= 0.3 is 6.18 Å². The van der Waals surface area contributed by atoms with Crippen LogP contribution in [-0.2, 0) is 0 Å². The summed E-state index contributed by atoms with van der Waals surface area (Å²) in [7, 11) is 0. The number of benzene rings is 1. The van der Waals surface area contributed by atoms with E-state index in [0.717, 1.165) is 5.56 Å². The van der Waals surface area contributed by atoms with Crippen LogP contribution >= 0.6 is 0 Å². The van der Waals surface area contributed by atoms with Crippen molar-refractivity contribution in [2.45, 2.75) is 19.1 Å². The van der Waals surface area contributed by atoms with Crippen LogP contribution in [0.5, 0.6) is 0 Å². The average molecular weight is 244 g/mol. The minimum absolute atomic E-state index is 0.0438. The van der Waals surface area contributed by atoms with Gasteiger partial charge in [0.25, 0.3) is 0 Å². The normalized spacial score (nSPS) is 21.6. The van der Waals surface area contributed by atoms with E-state index in [4.69, 9.17) is 0 Å². The predicted octanol–water partition coefficient (Wildman–Crippen LogP) is 2.34. The molecule has 0 spiro atoms. The SMILES string of the molecule is Cc1ccccc1N1CCNCC1C(F)(F)F. The molecule has 5 heteroatoms. The van der Waals surface area contributed by atoms with Crippen LogP contribution < -0.4 is 10.2 Å². The number of halogens is 3. The van der Waals surface area contributed by atoms with Crippen LogP contribution in [0.25, 0.3) is 0 Å². The monoisotopic (exact) mass is 244 g/mol. The smallest absolute Gasteiger partial charge is 0.357 e. The van der Waals surface area contributed by atoms with E-state index in [0.29, 0.717) is 18.8 Å². The molecule has 2 rings (SSSR count). The summed E-state index contributed by atoms with van der Waals surface area (Å²) >= 11 is 0. The van der Waals surface area contributed by atoms with Gasteiger partial charge in [0, 0.05) is 25.3 Å². The summed E-state index contributed by atoms with van der Waals surface area (Å²) in [6, 6.07) is 5.77. The number of anilines is 1. The molecule has 1 saturated heterocycles. The van der Waals surface area contributed by atoms with Gasteiger partial charge in [-0.3, -0.25) is 0 Å². The van der Waals surface area contributed by atoms with E-state index in [1.807, 2.05) is 19.1 Å². The highest BCUT2D eigenvalue weighted by Gasteiger charge is 2.44. The highest BCUT2D eigenvalue weighted by atomic mass is 19.4. The third kappa shape index (κ3) is 2.54. The Morgan fingerprint density at radius 3 is 2.65 bits per heavy atom. The maximum atomic E-state index is 12.9. The van der Waals surface area contributed by atoms with Gasteiger partial charge in [-0.05, 0) is 18.6 Å². The van der Waals surface area contributed by atoms with Crippen molar-refractivity contribution in [2.24, 2.45) is 0 Å². The van der Waals surface area contributed by atoms with Crippen LogP contribution in [0.15, 0.2) is 24.3 Å². The number of rotatable bonds is 1. The summed E-state index contributed by atoms with van der Waals surface area (Å²) in [5.74, 6) is 0. The number of para-hydroxylation sites is 1. The van der Waals surface area contributed by atoms with Crippen molar-refractivity contribution >= 4 is 5.69 Å². The lowest BCUT2D eigenvalue weighted by molar-refractivity contribution is -0.149. The maximum Gasteiger partial charge on any atom is 0.409 e. The van der Waals surface area contributed by atoms with Crippen molar-refractivity contribution in [3.8, 4) is 0 Å². The molecular weight excluding hydrogens is 229 g/mol. The first kappa shape index (κ1) is 12.2. The first-order chi connectivity index (χ1) is 8.00. The standard InChI is InChI=1S/C12H15F3N2/c1-9-4-2-3-5-10(9)17-7-6-16-8-11(17)12(13,14)15/h2-5,11,16H,6-8H2,1H3. The highest BCUT2D eigenvalue weighted by Crippen LogP contribution is 2.31. The summed E-state index contributed by atoms with van der Waals surface area (Å²) in [5.41, 5.74) is 1.56. The Balaban J connectivity index is 2.32. The largest absolute Gasteiger partial charge is 0.409 e. The van der Waals surface area contributed by atoms with Gasteiger partial charge in [-0.1, -0.05) is 18.2 Å². The summed E-state index contributed by atoms with van der Waals surface area (Å²) < 4.78 is 38.8. The zero-order chi connectivity index (χ0) is 12.5. The molecule has 1 aliphatic heterocycles. The molecule has 94 valence electrons. The number of aryl methyl sites for hydroxylation is 1. The van der Waals surface area contributed by atoms with Crippen LogP contribution in [-0.4, -0.2) is 31.9 Å². The van der Waals surface area contributed by atoms with Crippen molar-refractivity contribution < 1.29 is 13.2 Å². The fourth-order valence-corrected chi connectivity index (χ4v) is 2.17. The summed E-state index contributed by atoms with van der Waals surface area (Å²) in [5, 5.41) is 2.80. The van der Waals surface area contributed by atoms with E-state index in [1.54, 1.807) is 12.1 Å². The van der Waals surface area contributed by atoms with Gasteiger partial charge in [0.2, 0.25) is 0 Å². The molecule has 1 N–H and O–H groups in total. The highest BCUT2D eigenvalue weighted by molar-refractivity contribution is 5.54. The molecule has 17 heavy (non-hydrogen) atoms. The number of nitrogens with zero attached hydrogens (tertiary/aromatic N) is 1. The third-order valence-electron chi connectivity index (χ3n) is 3.05. The third-order valence-corrected chi connectivity index (χ3v) is 3.05. The quantitative estimate of drug-likeness (QED) is 0.815. The second-order valence-corrected chi connectivity index (χ2v) is 4.24. The summed E-state index contributed by atoms with van der Waals surface area (Å²) in [6.07, 6.45) is -4.20.